The van der Waals surface area contributed by atoms with Crippen molar-refractivity contribution in [2.75, 3.05) is 31.6 Å². The lowest BCUT2D eigenvalue weighted by Gasteiger charge is -2.29. The summed E-state index contributed by atoms with van der Waals surface area (Å²) >= 11 is 0. The van der Waals surface area contributed by atoms with E-state index in [4.69, 9.17) is 0 Å². The first-order valence-corrected chi connectivity index (χ1v) is 7.93. The number of hydrogen-bond donors (Lipinski definition) is 1. The predicted molar refractivity (Wildman–Crippen MR) is 89.4 cm³/mol. The second-order valence-corrected chi connectivity index (χ2v) is 6.23. The number of carbonyl (C=O) groups excluding carboxylic acids is 1. The molecule has 2 aromatic rings. The van der Waals surface area contributed by atoms with Crippen LogP contribution in [0.1, 0.15) is 12.0 Å². The van der Waals surface area contributed by atoms with Gasteiger partial charge in [0.1, 0.15) is 5.60 Å². The molecule has 0 aromatic carbocycles. The van der Waals surface area contributed by atoms with Crippen molar-refractivity contribution < 1.29 is 9.90 Å². The predicted octanol–water partition coefficient (Wildman–Crippen LogP) is 0.514. The van der Waals surface area contributed by atoms with Crippen molar-refractivity contribution in [1.82, 2.24) is 19.9 Å². The molecular weight excluding hydrogens is 306 g/mol. The van der Waals surface area contributed by atoms with Gasteiger partial charge in [0.2, 0.25) is 11.9 Å². The summed E-state index contributed by atoms with van der Waals surface area (Å²) in [5.41, 5.74) is -0.0782. The molecule has 3 heterocycles. The number of aliphatic hydroxyl groups is 1. The smallest absolute Gasteiger partial charge is 0.226 e. The molecule has 1 N–H and O–H groups in total. The highest BCUT2D eigenvalue weighted by Gasteiger charge is 2.38. The van der Waals surface area contributed by atoms with Crippen LogP contribution < -0.4 is 4.90 Å². The number of pyridine rings is 1. The Morgan fingerprint density at radius 3 is 2.83 bits per heavy atom. The molecule has 0 radical (unpaired) electrons. The molecule has 1 aliphatic heterocycles. The first kappa shape index (κ1) is 16.3. The van der Waals surface area contributed by atoms with E-state index in [1.165, 1.54) is 0 Å². The Balaban J connectivity index is 1.58. The zero-order valence-corrected chi connectivity index (χ0v) is 13.7. The van der Waals surface area contributed by atoms with Crippen molar-refractivity contribution in [2.24, 2.45) is 0 Å². The van der Waals surface area contributed by atoms with E-state index >= 15 is 0 Å². The van der Waals surface area contributed by atoms with Gasteiger partial charge in [0.25, 0.3) is 0 Å². The molecule has 1 aliphatic rings. The van der Waals surface area contributed by atoms with Crippen LogP contribution in [0.4, 0.5) is 5.95 Å². The number of aromatic nitrogens is 3. The Hall–Kier alpha value is -2.54. The molecule has 3 rings (SSSR count). The normalized spacial score (nSPS) is 20.2. The minimum Gasteiger partial charge on any atom is -0.386 e. The summed E-state index contributed by atoms with van der Waals surface area (Å²) < 4.78 is 0. The lowest BCUT2D eigenvalue weighted by Crippen LogP contribution is -2.46. The fourth-order valence-electron chi connectivity index (χ4n) is 2.95. The van der Waals surface area contributed by atoms with Crippen molar-refractivity contribution in [1.29, 1.82) is 0 Å². The van der Waals surface area contributed by atoms with Crippen LogP contribution in [0.3, 0.4) is 0 Å². The van der Waals surface area contributed by atoms with Gasteiger partial charge in [-0.05, 0) is 24.1 Å². The van der Waals surface area contributed by atoms with E-state index in [9.17, 15) is 9.90 Å². The van der Waals surface area contributed by atoms with Crippen LogP contribution >= 0.6 is 0 Å². The van der Waals surface area contributed by atoms with Crippen molar-refractivity contribution in [2.45, 2.75) is 18.4 Å². The lowest BCUT2D eigenvalue weighted by atomic mass is 10.0. The summed E-state index contributed by atoms with van der Waals surface area (Å²) in [7, 11) is 1.72. The van der Waals surface area contributed by atoms with E-state index in [1.807, 2.05) is 17.0 Å². The Labute approximate surface area is 141 Å². The van der Waals surface area contributed by atoms with Crippen molar-refractivity contribution in [3.63, 3.8) is 0 Å². The van der Waals surface area contributed by atoms with Crippen LogP contribution in [0, 0.1) is 0 Å². The van der Waals surface area contributed by atoms with Crippen LogP contribution in [0.5, 0.6) is 0 Å². The first-order valence-electron chi connectivity index (χ1n) is 7.93. The summed E-state index contributed by atoms with van der Waals surface area (Å²) in [6.45, 7) is 1.38. The third kappa shape index (κ3) is 3.86. The molecule has 1 amide bonds. The monoisotopic (exact) mass is 327 g/mol. The number of anilines is 1. The Morgan fingerprint density at radius 1 is 1.33 bits per heavy atom. The minimum absolute atomic E-state index is 0.0363. The average Bonchev–Trinajstić information content (AvgIpc) is 2.98. The third-order valence-corrected chi connectivity index (χ3v) is 4.20. The van der Waals surface area contributed by atoms with E-state index in [2.05, 4.69) is 15.0 Å². The van der Waals surface area contributed by atoms with Crippen LogP contribution in [0.25, 0.3) is 0 Å². The summed E-state index contributed by atoms with van der Waals surface area (Å²) in [4.78, 5) is 28.3. The van der Waals surface area contributed by atoms with E-state index in [0.717, 1.165) is 5.56 Å². The van der Waals surface area contributed by atoms with Crippen LogP contribution in [0.15, 0.2) is 43.0 Å². The molecule has 1 fully saturated rings. The lowest BCUT2D eigenvalue weighted by molar-refractivity contribution is -0.132. The molecular formula is C17H21N5O2. The van der Waals surface area contributed by atoms with Crippen molar-refractivity contribution in [3.8, 4) is 0 Å². The molecule has 24 heavy (non-hydrogen) atoms. The van der Waals surface area contributed by atoms with E-state index in [1.54, 1.807) is 42.8 Å². The van der Waals surface area contributed by atoms with Crippen molar-refractivity contribution in [3.05, 3.63) is 48.5 Å². The fraction of sp³-hybridized carbons (Fsp3) is 0.412. The first-order chi connectivity index (χ1) is 11.6. The topological polar surface area (TPSA) is 82.5 Å². The summed E-state index contributed by atoms with van der Waals surface area (Å²) in [5, 5.41) is 10.8. The van der Waals surface area contributed by atoms with E-state index in [-0.39, 0.29) is 18.9 Å². The zero-order chi connectivity index (χ0) is 17.0. The van der Waals surface area contributed by atoms with Gasteiger partial charge in [0.05, 0.1) is 19.5 Å². The van der Waals surface area contributed by atoms with Crippen LogP contribution in [-0.2, 0) is 11.2 Å². The van der Waals surface area contributed by atoms with Gasteiger partial charge in [-0.25, -0.2) is 9.97 Å². The standard InChI is InChI=1S/C17H21N5O2/c1-21(15(23)10-14-4-2-6-18-11-14)12-17(24)5-9-22(13-17)16-19-7-3-8-20-16/h2-4,6-8,11,24H,5,9-10,12-13H2,1H3/t17-/m0/s1. The van der Waals surface area contributed by atoms with Gasteiger partial charge in [-0.3, -0.25) is 9.78 Å². The van der Waals surface area contributed by atoms with Gasteiger partial charge in [-0.1, -0.05) is 6.07 Å². The highest BCUT2D eigenvalue weighted by atomic mass is 16.3. The Kier molecular flexibility index (Phi) is 4.71. The summed E-state index contributed by atoms with van der Waals surface area (Å²) in [6, 6.07) is 5.44. The number of rotatable bonds is 5. The van der Waals surface area contributed by atoms with Gasteiger partial charge < -0.3 is 14.9 Å². The number of β-amino-alcohol motifs (C(OH)–C–C–N with tert-alkyl or cyclic N) is 1. The van der Waals surface area contributed by atoms with Gasteiger partial charge in [-0.2, -0.15) is 0 Å². The quantitative estimate of drug-likeness (QED) is 0.862. The fourth-order valence-corrected chi connectivity index (χ4v) is 2.95. The molecule has 0 spiro atoms. The molecule has 1 atom stereocenters. The van der Waals surface area contributed by atoms with E-state index < -0.39 is 5.60 Å². The molecule has 7 nitrogen and oxygen atoms in total. The highest BCUT2D eigenvalue weighted by molar-refractivity contribution is 5.78. The maximum absolute atomic E-state index is 12.3. The Morgan fingerprint density at radius 2 is 2.12 bits per heavy atom. The second kappa shape index (κ2) is 6.92. The second-order valence-electron chi connectivity index (χ2n) is 6.23. The summed E-state index contributed by atoms with van der Waals surface area (Å²) in [5.74, 6) is 0.573. The van der Waals surface area contributed by atoms with Gasteiger partial charge >= 0.3 is 0 Å². The van der Waals surface area contributed by atoms with Crippen LogP contribution in [-0.4, -0.2) is 63.1 Å². The molecule has 1 saturated heterocycles. The summed E-state index contributed by atoms with van der Waals surface area (Å²) in [6.07, 6.45) is 7.60. The average molecular weight is 327 g/mol. The third-order valence-electron chi connectivity index (χ3n) is 4.20. The molecule has 0 unspecified atom stereocenters. The minimum atomic E-state index is -0.946. The molecule has 0 bridgehead atoms. The van der Waals surface area contributed by atoms with Gasteiger partial charge in [0, 0.05) is 38.4 Å². The number of likely N-dealkylation sites (N-methyl/N-ethyl adjacent to an activating group) is 1. The number of carbonyl (C=O) groups is 1. The maximum atomic E-state index is 12.3. The molecule has 0 aliphatic carbocycles. The highest BCUT2D eigenvalue weighted by Crippen LogP contribution is 2.25. The van der Waals surface area contributed by atoms with Gasteiger partial charge in [-0.15, -0.1) is 0 Å². The number of amides is 1. The van der Waals surface area contributed by atoms with Crippen LogP contribution in [0.2, 0.25) is 0 Å². The van der Waals surface area contributed by atoms with Gasteiger partial charge in [0.15, 0.2) is 0 Å². The Bertz CT molecular complexity index is 682. The SMILES string of the molecule is CN(C[C@@]1(O)CCN(c2ncccn2)C1)C(=O)Cc1cccnc1. The zero-order valence-electron chi connectivity index (χ0n) is 13.7. The van der Waals surface area contributed by atoms with Crippen molar-refractivity contribution >= 4 is 11.9 Å². The maximum Gasteiger partial charge on any atom is 0.226 e. The molecule has 7 heteroatoms. The van der Waals surface area contributed by atoms with E-state index in [0.29, 0.717) is 25.5 Å². The number of nitrogens with zero attached hydrogens (tertiary/aromatic N) is 5. The molecule has 126 valence electrons. The number of hydrogen-bond acceptors (Lipinski definition) is 6. The molecule has 0 saturated carbocycles. The largest absolute Gasteiger partial charge is 0.386 e. The molecule has 2 aromatic heterocycles.